The lowest BCUT2D eigenvalue weighted by Gasteiger charge is -2.14. The second kappa shape index (κ2) is 7.68. The molecule has 0 radical (unpaired) electrons. The van der Waals surface area contributed by atoms with Crippen LogP contribution in [0.2, 0.25) is 0 Å². The predicted octanol–water partition coefficient (Wildman–Crippen LogP) is 2.28. The van der Waals surface area contributed by atoms with Gasteiger partial charge in [-0.05, 0) is 12.2 Å². The summed E-state index contributed by atoms with van der Waals surface area (Å²) in [6.07, 6.45) is 2.63. The van der Waals surface area contributed by atoms with E-state index in [1.165, 1.54) is 0 Å². The van der Waals surface area contributed by atoms with Crippen LogP contribution in [0, 0.1) is 5.92 Å². The first-order valence-corrected chi connectivity index (χ1v) is 6.78. The summed E-state index contributed by atoms with van der Waals surface area (Å²) in [4.78, 5) is 11.6. The third kappa shape index (κ3) is 7.38. The highest BCUT2D eigenvalue weighted by Gasteiger charge is 2.09. The number of nitrogens with one attached hydrogen (secondary N) is 1. The van der Waals surface area contributed by atoms with Crippen LogP contribution in [0.1, 0.15) is 20.3 Å². The summed E-state index contributed by atoms with van der Waals surface area (Å²) in [6, 6.07) is 0. The number of thioether (sulfide) groups is 1. The van der Waals surface area contributed by atoms with E-state index in [9.17, 15) is 4.79 Å². The van der Waals surface area contributed by atoms with Crippen molar-refractivity contribution in [2.45, 2.75) is 25.1 Å². The number of rotatable bonds is 6. The van der Waals surface area contributed by atoms with E-state index in [0.717, 1.165) is 12.3 Å². The Kier molecular flexibility index (Phi) is 7.86. The molecule has 1 atom stereocenters. The smallest absolute Gasteiger partial charge is 0.220 e. The van der Waals surface area contributed by atoms with Crippen LogP contribution in [-0.2, 0) is 4.79 Å². The number of amides is 1. The minimum Gasteiger partial charge on any atom is -0.355 e. The van der Waals surface area contributed by atoms with Crippen molar-refractivity contribution in [1.82, 2.24) is 5.32 Å². The molecule has 0 aromatic rings. The normalized spacial score (nSPS) is 13.0. The Hall–Kier alpha value is 0.300. The van der Waals surface area contributed by atoms with Crippen LogP contribution in [0.15, 0.2) is 0 Å². The summed E-state index contributed by atoms with van der Waals surface area (Å²) in [5.74, 6) is 1.61. The fourth-order valence-corrected chi connectivity index (χ4v) is 1.28. The number of carbonyl (C=O) groups is 1. The van der Waals surface area contributed by atoms with Crippen LogP contribution in [0.3, 0.4) is 0 Å². The van der Waals surface area contributed by atoms with Gasteiger partial charge in [-0.15, -0.1) is 0 Å². The first kappa shape index (κ1) is 13.3. The fraction of sp³-hybridized carbons (Fsp3) is 0.889. The van der Waals surface area contributed by atoms with E-state index in [0.29, 0.717) is 17.2 Å². The fourth-order valence-electron chi connectivity index (χ4n) is 0.730. The molecule has 13 heavy (non-hydrogen) atoms. The third-order valence-electron chi connectivity index (χ3n) is 1.75. The second-order valence-corrected chi connectivity index (χ2v) is 5.47. The molecule has 4 heteroatoms. The lowest BCUT2D eigenvalue weighted by Crippen LogP contribution is -2.31. The number of alkyl halides is 1. The van der Waals surface area contributed by atoms with Crippen LogP contribution in [0.4, 0.5) is 0 Å². The Morgan fingerprint density at radius 1 is 1.54 bits per heavy atom. The van der Waals surface area contributed by atoms with Crippen molar-refractivity contribution >= 4 is 33.6 Å². The topological polar surface area (TPSA) is 29.1 Å². The molecule has 0 aliphatic rings. The van der Waals surface area contributed by atoms with Gasteiger partial charge in [0, 0.05) is 23.5 Å². The van der Waals surface area contributed by atoms with Gasteiger partial charge in [0.15, 0.2) is 0 Å². The molecule has 1 N–H and O–H groups in total. The van der Waals surface area contributed by atoms with Gasteiger partial charge in [-0.25, -0.2) is 0 Å². The number of halogens is 1. The van der Waals surface area contributed by atoms with Gasteiger partial charge in [-0.2, -0.15) is 11.8 Å². The molecule has 0 spiro atoms. The number of carbonyl (C=O) groups excluding carboxylic acids is 1. The number of hydrogen-bond donors (Lipinski definition) is 1. The lowest BCUT2D eigenvalue weighted by molar-refractivity contribution is -0.120. The van der Waals surface area contributed by atoms with E-state index in [1.807, 2.05) is 6.26 Å². The molecule has 0 rings (SSSR count). The molecule has 0 saturated heterocycles. The highest BCUT2D eigenvalue weighted by atomic mass is 79.9. The zero-order chi connectivity index (χ0) is 10.3. The summed E-state index contributed by atoms with van der Waals surface area (Å²) in [7, 11) is 0. The van der Waals surface area contributed by atoms with Gasteiger partial charge < -0.3 is 5.32 Å². The van der Waals surface area contributed by atoms with Gasteiger partial charge in [-0.3, -0.25) is 4.79 Å². The first-order chi connectivity index (χ1) is 6.07. The molecule has 1 amide bonds. The van der Waals surface area contributed by atoms with Crippen LogP contribution >= 0.6 is 27.7 Å². The predicted molar refractivity (Wildman–Crippen MR) is 63.6 cm³/mol. The Balaban J connectivity index is 3.46. The molecular formula is C9H18BrNOS. The summed E-state index contributed by atoms with van der Waals surface area (Å²) in [6.45, 7) is 4.99. The van der Waals surface area contributed by atoms with Crippen molar-refractivity contribution in [1.29, 1.82) is 0 Å². The third-order valence-corrected chi connectivity index (χ3v) is 3.74. The summed E-state index contributed by atoms with van der Waals surface area (Å²) < 4.78 is 0. The van der Waals surface area contributed by atoms with Gasteiger partial charge in [0.25, 0.3) is 0 Å². The molecule has 0 aliphatic carbocycles. The number of hydrogen-bond acceptors (Lipinski definition) is 2. The monoisotopic (exact) mass is 267 g/mol. The first-order valence-electron chi connectivity index (χ1n) is 4.47. The Labute approximate surface area is 93.4 Å². The van der Waals surface area contributed by atoms with Crippen molar-refractivity contribution in [2.75, 3.05) is 18.6 Å². The zero-order valence-electron chi connectivity index (χ0n) is 8.47. The van der Waals surface area contributed by atoms with Crippen LogP contribution in [-0.4, -0.2) is 29.3 Å². The lowest BCUT2D eigenvalue weighted by atomic mass is 10.1. The quantitative estimate of drug-likeness (QED) is 0.749. The van der Waals surface area contributed by atoms with Crippen molar-refractivity contribution in [3.8, 4) is 0 Å². The molecule has 78 valence electrons. The maximum absolute atomic E-state index is 11.2. The van der Waals surface area contributed by atoms with Crippen LogP contribution < -0.4 is 5.32 Å². The highest BCUT2D eigenvalue weighted by molar-refractivity contribution is 9.09. The standard InChI is InChI=1S/C9H18BrNOS/c1-7(2)8(10)6-11-9(12)4-5-13-3/h7-8H,4-6H2,1-3H3,(H,11,12). The molecule has 0 aromatic carbocycles. The van der Waals surface area contributed by atoms with E-state index >= 15 is 0 Å². The SMILES string of the molecule is CSCCC(=O)NCC(Br)C(C)C. The van der Waals surface area contributed by atoms with Gasteiger partial charge in [0.2, 0.25) is 5.91 Å². The maximum Gasteiger partial charge on any atom is 0.220 e. The van der Waals surface area contributed by atoms with Gasteiger partial charge in [-0.1, -0.05) is 29.8 Å². The van der Waals surface area contributed by atoms with Crippen LogP contribution in [0.25, 0.3) is 0 Å². The zero-order valence-corrected chi connectivity index (χ0v) is 10.9. The van der Waals surface area contributed by atoms with Crippen molar-refractivity contribution in [2.24, 2.45) is 5.92 Å². The summed E-state index contributed by atoms with van der Waals surface area (Å²) >= 11 is 5.22. The van der Waals surface area contributed by atoms with Crippen LogP contribution in [0.5, 0.6) is 0 Å². The Bertz CT molecular complexity index is 153. The average Bonchev–Trinajstić information content (AvgIpc) is 2.10. The summed E-state index contributed by atoms with van der Waals surface area (Å²) in [5.41, 5.74) is 0. The molecule has 1 unspecified atom stereocenters. The highest BCUT2D eigenvalue weighted by Crippen LogP contribution is 2.10. The molecule has 0 saturated carbocycles. The minimum absolute atomic E-state index is 0.152. The molecule has 2 nitrogen and oxygen atoms in total. The minimum atomic E-state index is 0.152. The maximum atomic E-state index is 11.2. The molecule has 0 aromatic heterocycles. The van der Waals surface area contributed by atoms with E-state index in [1.54, 1.807) is 11.8 Å². The van der Waals surface area contributed by atoms with E-state index in [4.69, 9.17) is 0 Å². The molecule has 0 fully saturated rings. The van der Waals surface area contributed by atoms with Crippen molar-refractivity contribution in [3.63, 3.8) is 0 Å². The molecule has 0 heterocycles. The van der Waals surface area contributed by atoms with E-state index < -0.39 is 0 Å². The van der Waals surface area contributed by atoms with Crippen molar-refractivity contribution in [3.05, 3.63) is 0 Å². The Morgan fingerprint density at radius 3 is 2.62 bits per heavy atom. The van der Waals surface area contributed by atoms with Crippen molar-refractivity contribution < 1.29 is 4.79 Å². The van der Waals surface area contributed by atoms with E-state index in [-0.39, 0.29) is 5.91 Å². The molecule has 0 bridgehead atoms. The largest absolute Gasteiger partial charge is 0.355 e. The molecule has 0 aliphatic heterocycles. The van der Waals surface area contributed by atoms with Gasteiger partial charge in [0.1, 0.15) is 0 Å². The van der Waals surface area contributed by atoms with E-state index in [2.05, 4.69) is 35.1 Å². The molecular weight excluding hydrogens is 250 g/mol. The van der Waals surface area contributed by atoms with Gasteiger partial charge >= 0.3 is 0 Å². The Morgan fingerprint density at radius 2 is 2.15 bits per heavy atom. The second-order valence-electron chi connectivity index (χ2n) is 3.31. The summed E-state index contributed by atoms with van der Waals surface area (Å²) in [5, 5.41) is 2.90. The average molecular weight is 268 g/mol. The van der Waals surface area contributed by atoms with Gasteiger partial charge in [0.05, 0.1) is 0 Å².